The number of rotatable bonds is 4. The summed E-state index contributed by atoms with van der Waals surface area (Å²) in [5.74, 6) is -0.141. The van der Waals surface area contributed by atoms with E-state index in [9.17, 15) is 4.79 Å². The van der Waals surface area contributed by atoms with Crippen molar-refractivity contribution in [2.45, 2.75) is 18.9 Å². The smallest absolute Gasteiger partial charge is 0.308 e. The van der Waals surface area contributed by atoms with Crippen molar-refractivity contribution in [1.29, 1.82) is 0 Å². The third-order valence-electron chi connectivity index (χ3n) is 2.07. The van der Waals surface area contributed by atoms with Gasteiger partial charge >= 0.3 is 5.97 Å². The first kappa shape index (κ1) is 9.48. The molecular weight excluding hydrogens is 160 g/mol. The SMILES string of the molecule is COC(=O)[C@H]1C[C@@H](OCCO)C1. The van der Waals surface area contributed by atoms with Crippen molar-refractivity contribution in [3.63, 3.8) is 0 Å². The molecule has 0 unspecified atom stereocenters. The van der Waals surface area contributed by atoms with Crippen molar-refractivity contribution in [2.24, 2.45) is 5.92 Å². The van der Waals surface area contributed by atoms with Gasteiger partial charge in [0.1, 0.15) is 0 Å². The molecule has 1 saturated carbocycles. The highest BCUT2D eigenvalue weighted by Crippen LogP contribution is 2.30. The number of hydrogen-bond donors (Lipinski definition) is 1. The van der Waals surface area contributed by atoms with E-state index in [0.29, 0.717) is 6.61 Å². The summed E-state index contributed by atoms with van der Waals surface area (Å²) in [4.78, 5) is 10.9. The van der Waals surface area contributed by atoms with Gasteiger partial charge in [0.25, 0.3) is 0 Å². The number of aliphatic hydroxyl groups excluding tert-OH is 1. The zero-order valence-corrected chi connectivity index (χ0v) is 7.16. The molecule has 0 aromatic rings. The van der Waals surface area contributed by atoms with Crippen molar-refractivity contribution >= 4 is 5.97 Å². The summed E-state index contributed by atoms with van der Waals surface area (Å²) >= 11 is 0. The molecule has 1 N–H and O–H groups in total. The normalized spacial score (nSPS) is 27.8. The van der Waals surface area contributed by atoms with E-state index in [1.807, 2.05) is 0 Å². The molecule has 0 amide bonds. The summed E-state index contributed by atoms with van der Waals surface area (Å²) in [6.07, 6.45) is 1.60. The molecule has 0 aliphatic heterocycles. The van der Waals surface area contributed by atoms with Gasteiger partial charge in [0, 0.05) is 0 Å². The minimum atomic E-state index is -0.154. The van der Waals surface area contributed by atoms with Crippen LogP contribution in [0.2, 0.25) is 0 Å². The van der Waals surface area contributed by atoms with Crippen LogP contribution in [0.1, 0.15) is 12.8 Å². The molecule has 0 aromatic heterocycles. The summed E-state index contributed by atoms with van der Waals surface area (Å²) in [6.45, 7) is 0.401. The van der Waals surface area contributed by atoms with Gasteiger partial charge in [0.15, 0.2) is 0 Å². The second-order valence-electron chi connectivity index (χ2n) is 2.91. The molecule has 0 atom stereocenters. The maximum absolute atomic E-state index is 10.9. The largest absolute Gasteiger partial charge is 0.469 e. The van der Waals surface area contributed by atoms with Crippen LogP contribution in [0.4, 0.5) is 0 Å². The molecule has 1 aliphatic rings. The number of methoxy groups -OCH3 is 1. The molecule has 4 nitrogen and oxygen atoms in total. The van der Waals surface area contributed by atoms with Gasteiger partial charge in [-0.1, -0.05) is 0 Å². The van der Waals surface area contributed by atoms with Gasteiger partial charge < -0.3 is 14.6 Å². The summed E-state index contributed by atoms with van der Waals surface area (Å²) in [5, 5.41) is 8.44. The Hall–Kier alpha value is -0.610. The lowest BCUT2D eigenvalue weighted by molar-refractivity contribution is -0.155. The molecule has 12 heavy (non-hydrogen) atoms. The van der Waals surface area contributed by atoms with Crippen LogP contribution in [-0.2, 0) is 14.3 Å². The van der Waals surface area contributed by atoms with Crippen LogP contribution in [0.5, 0.6) is 0 Å². The summed E-state index contributed by atoms with van der Waals surface area (Å²) in [5.41, 5.74) is 0. The number of ether oxygens (including phenoxy) is 2. The minimum Gasteiger partial charge on any atom is -0.469 e. The van der Waals surface area contributed by atoms with E-state index in [4.69, 9.17) is 9.84 Å². The number of hydrogen-bond acceptors (Lipinski definition) is 4. The average molecular weight is 174 g/mol. The maximum atomic E-state index is 10.9. The number of carbonyl (C=O) groups is 1. The Bertz CT molecular complexity index is 151. The molecule has 0 aromatic carbocycles. The van der Waals surface area contributed by atoms with Crippen LogP contribution in [0.3, 0.4) is 0 Å². The molecule has 1 aliphatic carbocycles. The highest BCUT2D eigenvalue weighted by molar-refractivity contribution is 5.73. The zero-order valence-electron chi connectivity index (χ0n) is 7.16. The van der Waals surface area contributed by atoms with Gasteiger partial charge in [0.2, 0.25) is 0 Å². The third-order valence-corrected chi connectivity index (χ3v) is 2.07. The van der Waals surface area contributed by atoms with Crippen molar-refractivity contribution in [3.05, 3.63) is 0 Å². The second kappa shape index (κ2) is 4.42. The quantitative estimate of drug-likeness (QED) is 0.607. The molecule has 4 heteroatoms. The molecule has 1 rings (SSSR count). The number of esters is 1. The summed E-state index contributed by atoms with van der Waals surface area (Å²) in [6, 6.07) is 0. The lowest BCUT2D eigenvalue weighted by atomic mass is 9.82. The zero-order chi connectivity index (χ0) is 8.97. The molecule has 0 bridgehead atoms. The summed E-state index contributed by atoms with van der Waals surface area (Å²) in [7, 11) is 1.39. The predicted octanol–water partition coefficient (Wildman–Crippen LogP) is -0.0531. The fourth-order valence-corrected chi connectivity index (χ4v) is 1.28. The van der Waals surface area contributed by atoms with E-state index >= 15 is 0 Å². The van der Waals surface area contributed by atoms with Crippen LogP contribution in [-0.4, -0.2) is 37.5 Å². The highest BCUT2D eigenvalue weighted by Gasteiger charge is 2.35. The molecule has 0 heterocycles. The maximum Gasteiger partial charge on any atom is 0.308 e. The van der Waals surface area contributed by atoms with Crippen LogP contribution in [0.25, 0.3) is 0 Å². The van der Waals surface area contributed by atoms with Crippen molar-refractivity contribution < 1.29 is 19.4 Å². The van der Waals surface area contributed by atoms with Gasteiger partial charge in [-0.25, -0.2) is 0 Å². The van der Waals surface area contributed by atoms with E-state index in [1.54, 1.807) is 0 Å². The Morgan fingerprint density at radius 2 is 2.25 bits per heavy atom. The molecule has 1 fully saturated rings. The lowest BCUT2D eigenvalue weighted by Crippen LogP contribution is -2.37. The van der Waals surface area contributed by atoms with Gasteiger partial charge in [-0.05, 0) is 12.8 Å². The second-order valence-corrected chi connectivity index (χ2v) is 2.91. The van der Waals surface area contributed by atoms with E-state index in [-0.39, 0.29) is 24.6 Å². The average Bonchev–Trinajstić information content (AvgIpc) is 2.01. The minimum absolute atomic E-state index is 0.0127. The van der Waals surface area contributed by atoms with Crippen LogP contribution >= 0.6 is 0 Å². The molecule has 0 saturated heterocycles. The van der Waals surface area contributed by atoms with Crippen molar-refractivity contribution in [2.75, 3.05) is 20.3 Å². The molecule has 70 valence electrons. The molecule has 0 spiro atoms. The Labute approximate surface area is 71.5 Å². The Morgan fingerprint density at radius 3 is 2.75 bits per heavy atom. The van der Waals surface area contributed by atoms with Crippen LogP contribution < -0.4 is 0 Å². The van der Waals surface area contributed by atoms with E-state index in [1.165, 1.54) is 7.11 Å². The fraction of sp³-hybridized carbons (Fsp3) is 0.875. The Balaban J connectivity index is 2.07. The number of aliphatic hydroxyl groups is 1. The van der Waals surface area contributed by atoms with Gasteiger partial charge in [-0.3, -0.25) is 4.79 Å². The molecular formula is C8H14O4. The monoisotopic (exact) mass is 174 g/mol. The first-order valence-electron chi connectivity index (χ1n) is 4.08. The van der Waals surface area contributed by atoms with Crippen LogP contribution in [0, 0.1) is 5.92 Å². The van der Waals surface area contributed by atoms with Gasteiger partial charge in [-0.2, -0.15) is 0 Å². The van der Waals surface area contributed by atoms with Crippen LogP contribution in [0.15, 0.2) is 0 Å². The predicted molar refractivity (Wildman–Crippen MR) is 41.6 cm³/mol. The first-order valence-corrected chi connectivity index (χ1v) is 4.08. The van der Waals surface area contributed by atoms with Gasteiger partial charge in [0.05, 0.1) is 32.3 Å². The van der Waals surface area contributed by atoms with Crippen molar-refractivity contribution in [3.8, 4) is 0 Å². The Morgan fingerprint density at radius 1 is 1.58 bits per heavy atom. The van der Waals surface area contributed by atoms with Gasteiger partial charge in [-0.15, -0.1) is 0 Å². The lowest BCUT2D eigenvalue weighted by Gasteiger charge is -2.32. The highest BCUT2D eigenvalue weighted by atomic mass is 16.5. The number of carbonyl (C=O) groups excluding carboxylic acids is 1. The van der Waals surface area contributed by atoms with E-state index in [0.717, 1.165) is 12.8 Å². The standard InChI is InChI=1S/C8H14O4/c1-11-8(10)6-4-7(5-6)12-3-2-9/h6-7,9H,2-5H2,1H3/t6-,7+. The molecule has 0 radical (unpaired) electrons. The van der Waals surface area contributed by atoms with Crippen molar-refractivity contribution in [1.82, 2.24) is 0 Å². The van der Waals surface area contributed by atoms with E-state index in [2.05, 4.69) is 4.74 Å². The third kappa shape index (κ3) is 2.19. The first-order chi connectivity index (χ1) is 5.77. The Kier molecular flexibility index (Phi) is 3.49. The summed E-state index contributed by atoms with van der Waals surface area (Å²) < 4.78 is 9.76. The van der Waals surface area contributed by atoms with E-state index < -0.39 is 0 Å². The fourth-order valence-electron chi connectivity index (χ4n) is 1.28. The topological polar surface area (TPSA) is 55.8 Å².